The van der Waals surface area contributed by atoms with Gasteiger partial charge in [-0.1, -0.05) is 0 Å². The van der Waals surface area contributed by atoms with E-state index in [0.717, 1.165) is 4.90 Å². The maximum atomic E-state index is 11.4. The Bertz CT molecular complexity index is 347. The molecule has 80 valence electrons. The Morgan fingerprint density at radius 2 is 1.60 bits per heavy atom. The number of hydrogen-bond donors (Lipinski definition) is 1. The van der Waals surface area contributed by atoms with E-state index in [1.165, 1.54) is 0 Å². The summed E-state index contributed by atoms with van der Waals surface area (Å²) in [6, 6.07) is -0.787. The monoisotopic (exact) mass is 210 g/mol. The van der Waals surface area contributed by atoms with E-state index < -0.39 is 11.9 Å². The predicted octanol–water partition coefficient (Wildman–Crippen LogP) is -1.06. The topological polar surface area (TPSA) is 83.6 Å². The van der Waals surface area contributed by atoms with Crippen molar-refractivity contribution in [3.8, 4) is 0 Å². The third kappa shape index (κ3) is 1.62. The van der Waals surface area contributed by atoms with Crippen LogP contribution in [-0.2, 0) is 19.2 Å². The Labute approximate surface area is 85.6 Å². The highest BCUT2D eigenvalue weighted by Gasteiger charge is 2.40. The lowest BCUT2D eigenvalue weighted by Crippen LogP contribution is -2.54. The van der Waals surface area contributed by atoms with Crippen molar-refractivity contribution in [1.82, 2.24) is 10.2 Å². The minimum Gasteiger partial charge on any atom is -0.295 e. The van der Waals surface area contributed by atoms with Crippen LogP contribution in [-0.4, -0.2) is 34.6 Å². The van der Waals surface area contributed by atoms with Gasteiger partial charge in [-0.3, -0.25) is 29.4 Å². The highest BCUT2D eigenvalue weighted by molar-refractivity contribution is 6.08. The lowest BCUT2D eigenvalue weighted by Gasteiger charge is -2.27. The van der Waals surface area contributed by atoms with Crippen LogP contribution in [0.4, 0.5) is 0 Å². The van der Waals surface area contributed by atoms with Gasteiger partial charge in [0.25, 0.3) is 0 Å². The fourth-order valence-corrected chi connectivity index (χ4v) is 1.87. The number of imide groups is 2. The Morgan fingerprint density at radius 3 is 2.13 bits per heavy atom. The van der Waals surface area contributed by atoms with Gasteiger partial charge in [-0.25, -0.2) is 0 Å². The molecule has 2 rings (SSSR count). The molecule has 6 nitrogen and oxygen atoms in total. The third-order valence-electron chi connectivity index (χ3n) is 2.61. The summed E-state index contributed by atoms with van der Waals surface area (Å²) in [6.45, 7) is 0. The Hall–Kier alpha value is -1.72. The van der Waals surface area contributed by atoms with Gasteiger partial charge >= 0.3 is 0 Å². The molecule has 2 aliphatic rings. The summed E-state index contributed by atoms with van der Waals surface area (Å²) in [5.41, 5.74) is 0. The van der Waals surface area contributed by atoms with Crippen molar-refractivity contribution < 1.29 is 19.2 Å². The van der Waals surface area contributed by atoms with Gasteiger partial charge in [-0.05, 0) is 6.42 Å². The zero-order valence-electron chi connectivity index (χ0n) is 7.99. The van der Waals surface area contributed by atoms with Crippen molar-refractivity contribution in [2.75, 3.05) is 0 Å². The second-order valence-corrected chi connectivity index (χ2v) is 3.62. The number of piperidine rings is 1. The molecule has 2 aliphatic heterocycles. The van der Waals surface area contributed by atoms with Crippen LogP contribution in [0.1, 0.15) is 25.7 Å². The average Bonchev–Trinajstić information content (AvgIpc) is 2.48. The molecule has 1 N–H and O–H groups in total. The SMILES string of the molecule is O=C1CC[C@@H](N2C(=O)CCC2=O)C(=O)N1. The molecule has 0 saturated carbocycles. The van der Waals surface area contributed by atoms with Gasteiger partial charge in [-0.15, -0.1) is 0 Å². The van der Waals surface area contributed by atoms with E-state index in [1.807, 2.05) is 0 Å². The van der Waals surface area contributed by atoms with Gasteiger partial charge < -0.3 is 0 Å². The second-order valence-electron chi connectivity index (χ2n) is 3.62. The van der Waals surface area contributed by atoms with Crippen molar-refractivity contribution in [1.29, 1.82) is 0 Å². The summed E-state index contributed by atoms with van der Waals surface area (Å²) in [4.78, 5) is 46.0. The maximum Gasteiger partial charge on any atom is 0.249 e. The molecular weight excluding hydrogens is 200 g/mol. The highest BCUT2D eigenvalue weighted by atomic mass is 16.2. The zero-order chi connectivity index (χ0) is 11.0. The van der Waals surface area contributed by atoms with Crippen LogP contribution in [0.15, 0.2) is 0 Å². The number of carbonyl (C=O) groups excluding carboxylic acids is 4. The molecule has 2 heterocycles. The lowest BCUT2D eigenvalue weighted by atomic mass is 10.0. The summed E-state index contributed by atoms with van der Waals surface area (Å²) in [7, 11) is 0. The lowest BCUT2D eigenvalue weighted by molar-refractivity contribution is -0.150. The molecule has 0 aromatic heterocycles. The first-order valence-electron chi connectivity index (χ1n) is 4.78. The molecule has 15 heavy (non-hydrogen) atoms. The van der Waals surface area contributed by atoms with E-state index in [0.29, 0.717) is 0 Å². The van der Waals surface area contributed by atoms with E-state index in [9.17, 15) is 19.2 Å². The molecule has 0 spiro atoms. The van der Waals surface area contributed by atoms with Crippen LogP contribution >= 0.6 is 0 Å². The number of carbonyl (C=O) groups is 4. The molecule has 0 radical (unpaired) electrons. The number of nitrogens with one attached hydrogen (secondary N) is 1. The summed E-state index contributed by atoms with van der Waals surface area (Å²) in [6.07, 6.45) is 0.739. The summed E-state index contributed by atoms with van der Waals surface area (Å²) in [5, 5.41) is 2.12. The Morgan fingerprint density at radius 1 is 1.00 bits per heavy atom. The second kappa shape index (κ2) is 3.45. The van der Waals surface area contributed by atoms with Crippen LogP contribution in [0, 0.1) is 0 Å². The largest absolute Gasteiger partial charge is 0.295 e. The van der Waals surface area contributed by atoms with Crippen molar-refractivity contribution in [3.05, 3.63) is 0 Å². The third-order valence-corrected chi connectivity index (χ3v) is 2.61. The molecule has 0 bridgehead atoms. The van der Waals surface area contributed by atoms with Crippen LogP contribution in [0.2, 0.25) is 0 Å². The molecule has 2 fully saturated rings. The molecule has 4 amide bonds. The van der Waals surface area contributed by atoms with E-state index >= 15 is 0 Å². The van der Waals surface area contributed by atoms with Crippen molar-refractivity contribution in [2.45, 2.75) is 31.7 Å². The van der Waals surface area contributed by atoms with Crippen molar-refractivity contribution in [3.63, 3.8) is 0 Å². The smallest absolute Gasteiger partial charge is 0.249 e. The van der Waals surface area contributed by atoms with Gasteiger partial charge in [0.1, 0.15) is 6.04 Å². The summed E-state index contributed by atoms with van der Waals surface area (Å²) >= 11 is 0. The molecule has 0 aliphatic carbocycles. The Balaban J connectivity index is 2.16. The van der Waals surface area contributed by atoms with E-state index in [4.69, 9.17) is 0 Å². The molecule has 2 saturated heterocycles. The van der Waals surface area contributed by atoms with Crippen molar-refractivity contribution in [2.24, 2.45) is 0 Å². The number of nitrogens with zero attached hydrogens (tertiary/aromatic N) is 1. The fourth-order valence-electron chi connectivity index (χ4n) is 1.87. The molecule has 0 aromatic carbocycles. The number of amides is 4. The molecule has 0 unspecified atom stereocenters. The van der Waals surface area contributed by atoms with E-state index in [1.54, 1.807) is 0 Å². The minimum atomic E-state index is -0.787. The number of rotatable bonds is 1. The maximum absolute atomic E-state index is 11.4. The van der Waals surface area contributed by atoms with Crippen LogP contribution in [0.25, 0.3) is 0 Å². The predicted molar refractivity (Wildman–Crippen MR) is 47.3 cm³/mol. The standard InChI is InChI=1S/C9H10N2O4/c12-6-2-1-5(9(15)10-6)11-7(13)3-4-8(11)14/h5H,1-4H2,(H,10,12,15)/t5-/m1/s1. The quantitative estimate of drug-likeness (QED) is 0.559. The Kier molecular flexibility index (Phi) is 2.26. The molecule has 1 atom stereocenters. The summed E-state index contributed by atoms with van der Waals surface area (Å²) < 4.78 is 0. The molecule has 6 heteroatoms. The fraction of sp³-hybridized carbons (Fsp3) is 0.556. The van der Waals surface area contributed by atoms with Crippen molar-refractivity contribution >= 4 is 23.6 Å². The zero-order valence-corrected chi connectivity index (χ0v) is 7.99. The first-order valence-corrected chi connectivity index (χ1v) is 4.78. The number of hydrogen-bond acceptors (Lipinski definition) is 4. The summed E-state index contributed by atoms with van der Waals surface area (Å²) in [5.74, 6) is -1.55. The van der Waals surface area contributed by atoms with E-state index in [2.05, 4.69) is 5.32 Å². The highest BCUT2D eigenvalue weighted by Crippen LogP contribution is 2.20. The molecule has 0 aromatic rings. The van der Waals surface area contributed by atoms with Crippen LogP contribution in [0.3, 0.4) is 0 Å². The van der Waals surface area contributed by atoms with Gasteiger partial charge in [-0.2, -0.15) is 0 Å². The van der Waals surface area contributed by atoms with Crippen LogP contribution in [0.5, 0.6) is 0 Å². The van der Waals surface area contributed by atoms with Crippen LogP contribution < -0.4 is 5.32 Å². The van der Waals surface area contributed by atoms with Gasteiger partial charge in [0, 0.05) is 19.3 Å². The van der Waals surface area contributed by atoms with Gasteiger partial charge in [0.15, 0.2) is 0 Å². The van der Waals surface area contributed by atoms with Gasteiger partial charge in [0.2, 0.25) is 23.6 Å². The normalized spacial score (nSPS) is 27.2. The first-order chi connectivity index (χ1) is 7.09. The van der Waals surface area contributed by atoms with Gasteiger partial charge in [0.05, 0.1) is 0 Å². The van der Waals surface area contributed by atoms with E-state index in [-0.39, 0.29) is 43.4 Å². The minimum absolute atomic E-state index is 0.163. The molecular formula is C9H10N2O4. The number of likely N-dealkylation sites (tertiary alicyclic amines) is 1. The average molecular weight is 210 g/mol. The first kappa shape index (κ1) is 9.82.